The highest BCUT2D eigenvalue weighted by molar-refractivity contribution is 5.87. The molecule has 5 rings (SSSR count). The molecule has 10 nitrogen and oxygen atoms in total. The van der Waals surface area contributed by atoms with Crippen molar-refractivity contribution in [1.29, 1.82) is 0 Å². The van der Waals surface area contributed by atoms with Crippen molar-refractivity contribution in [3.8, 4) is 11.3 Å². The van der Waals surface area contributed by atoms with E-state index in [0.29, 0.717) is 22.8 Å². The van der Waals surface area contributed by atoms with Crippen LogP contribution in [0.25, 0.3) is 22.4 Å². The highest BCUT2D eigenvalue weighted by Gasteiger charge is 2.41. The minimum absolute atomic E-state index is 0.0595. The number of carbonyl (C=O) groups excluding carboxylic acids is 1. The van der Waals surface area contributed by atoms with Crippen LogP contribution in [0.2, 0.25) is 0 Å². The number of hydrogen-bond donors (Lipinski definition) is 3. The van der Waals surface area contributed by atoms with E-state index in [1.165, 1.54) is 17.6 Å². The van der Waals surface area contributed by atoms with E-state index in [1.807, 2.05) is 6.92 Å². The van der Waals surface area contributed by atoms with Crippen molar-refractivity contribution in [1.82, 2.24) is 34.5 Å². The molecular weight excluding hydrogens is 389 g/mol. The molecule has 0 aromatic carbocycles. The SMILES string of the molecule is CC(=O)NC1(C)CC(Nc2nc(N)c3c(-c4ccc5nccn5n4)c(F)cn3n2)C1. The summed E-state index contributed by atoms with van der Waals surface area (Å²) in [4.78, 5) is 19.8. The van der Waals surface area contributed by atoms with Crippen LogP contribution >= 0.6 is 0 Å². The van der Waals surface area contributed by atoms with Gasteiger partial charge in [-0.25, -0.2) is 18.4 Å². The normalized spacial score (nSPS) is 21.0. The van der Waals surface area contributed by atoms with Gasteiger partial charge in [0.25, 0.3) is 0 Å². The van der Waals surface area contributed by atoms with E-state index in [2.05, 4.69) is 30.8 Å². The number of nitrogen functional groups attached to an aromatic ring is 1. The monoisotopic (exact) mass is 409 g/mol. The second-order valence-electron chi connectivity index (χ2n) is 7.91. The molecular formula is C19H20FN9O. The number of anilines is 2. The molecule has 0 atom stereocenters. The lowest BCUT2D eigenvalue weighted by Gasteiger charge is -2.45. The zero-order valence-electron chi connectivity index (χ0n) is 16.4. The minimum Gasteiger partial charge on any atom is -0.382 e. The molecule has 1 saturated carbocycles. The van der Waals surface area contributed by atoms with Crippen molar-refractivity contribution in [2.75, 3.05) is 11.1 Å². The predicted molar refractivity (Wildman–Crippen MR) is 108 cm³/mol. The molecule has 0 radical (unpaired) electrons. The quantitative estimate of drug-likeness (QED) is 0.467. The minimum atomic E-state index is -0.498. The Labute approximate surface area is 170 Å². The van der Waals surface area contributed by atoms with Crippen LogP contribution in [0.3, 0.4) is 0 Å². The van der Waals surface area contributed by atoms with Gasteiger partial charge in [-0.3, -0.25) is 4.79 Å². The van der Waals surface area contributed by atoms with Crippen molar-refractivity contribution in [2.24, 2.45) is 0 Å². The van der Waals surface area contributed by atoms with Gasteiger partial charge in [-0.05, 0) is 31.9 Å². The first kappa shape index (κ1) is 18.3. The molecule has 4 N–H and O–H groups in total. The molecule has 154 valence electrons. The van der Waals surface area contributed by atoms with Gasteiger partial charge in [0, 0.05) is 30.9 Å². The van der Waals surface area contributed by atoms with Gasteiger partial charge < -0.3 is 16.4 Å². The Bertz CT molecular complexity index is 1290. The highest BCUT2D eigenvalue weighted by Crippen LogP contribution is 2.35. The maximum absolute atomic E-state index is 14.8. The van der Waals surface area contributed by atoms with Crippen LogP contribution in [0, 0.1) is 5.82 Å². The molecule has 11 heteroatoms. The third-order valence-corrected chi connectivity index (χ3v) is 5.33. The average Bonchev–Trinajstić information content (AvgIpc) is 3.22. The van der Waals surface area contributed by atoms with Crippen molar-refractivity contribution in [3.63, 3.8) is 0 Å². The van der Waals surface area contributed by atoms with Crippen LogP contribution in [0.1, 0.15) is 26.7 Å². The first-order chi connectivity index (χ1) is 14.3. The molecule has 1 aliphatic carbocycles. The Morgan fingerprint density at radius 1 is 1.30 bits per heavy atom. The number of rotatable bonds is 4. The van der Waals surface area contributed by atoms with Crippen LogP contribution in [-0.2, 0) is 4.79 Å². The molecule has 0 bridgehead atoms. The molecule has 0 aliphatic heterocycles. The standard InChI is InChI=1S/C19H20FN9O/c1-10(30)25-19(2)7-11(8-19)23-18-24-17(21)16-15(12(20)9-29(16)27-18)13-3-4-14-22-5-6-28(14)26-13/h3-6,9,11H,7-8H2,1-2H3,(H,25,30)(H3,21,23,24,27). The van der Waals surface area contributed by atoms with Crippen LogP contribution < -0.4 is 16.4 Å². The fraction of sp³-hybridized carbons (Fsp3) is 0.316. The Morgan fingerprint density at radius 3 is 2.87 bits per heavy atom. The summed E-state index contributed by atoms with van der Waals surface area (Å²) in [6.45, 7) is 3.49. The summed E-state index contributed by atoms with van der Waals surface area (Å²) in [5, 5.41) is 14.9. The van der Waals surface area contributed by atoms with E-state index in [1.54, 1.807) is 29.0 Å². The van der Waals surface area contributed by atoms with Crippen molar-refractivity contribution < 1.29 is 9.18 Å². The first-order valence-corrected chi connectivity index (χ1v) is 9.52. The fourth-order valence-corrected chi connectivity index (χ4v) is 4.17. The number of nitrogens with two attached hydrogens (primary N) is 1. The molecule has 1 aliphatic rings. The largest absolute Gasteiger partial charge is 0.382 e. The van der Waals surface area contributed by atoms with Gasteiger partial charge in [-0.15, -0.1) is 5.10 Å². The van der Waals surface area contributed by atoms with E-state index in [0.717, 1.165) is 12.8 Å². The fourth-order valence-electron chi connectivity index (χ4n) is 4.17. The molecule has 1 amide bonds. The molecule has 4 heterocycles. The first-order valence-electron chi connectivity index (χ1n) is 9.52. The van der Waals surface area contributed by atoms with Gasteiger partial charge in [0.05, 0.1) is 17.5 Å². The summed E-state index contributed by atoms with van der Waals surface area (Å²) < 4.78 is 17.8. The van der Waals surface area contributed by atoms with E-state index < -0.39 is 5.82 Å². The summed E-state index contributed by atoms with van der Waals surface area (Å²) in [7, 11) is 0. The van der Waals surface area contributed by atoms with Gasteiger partial charge in [0.15, 0.2) is 17.3 Å². The smallest absolute Gasteiger partial charge is 0.243 e. The highest BCUT2D eigenvalue weighted by atomic mass is 19.1. The molecule has 1 fully saturated rings. The third-order valence-electron chi connectivity index (χ3n) is 5.33. The van der Waals surface area contributed by atoms with Gasteiger partial charge >= 0.3 is 0 Å². The number of aromatic nitrogens is 6. The Balaban J connectivity index is 1.45. The number of carbonyl (C=O) groups is 1. The molecule has 4 aromatic heterocycles. The Hall–Kier alpha value is -3.76. The van der Waals surface area contributed by atoms with E-state index in [9.17, 15) is 9.18 Å². The van der Waals surface area contributed by atoms with Crippen molar-refractivity contribution in [2.45, 2.75) is 38.3 Å². The molecule has 0 saturated heterocycles. The third kappa shape index (κ3) is 2.98. The van der Waals surface area contributed by atoms with Gasteiger partial charge in [0.2, 0.25) is 11.9 Å². The number of nitrogens with zero attached hydrogens (tertiary/aromatic N) is 6. The maximum Gasteiger partial charge on any atom is 0.243 e. The van der Waals surface area contributed by atoms with Crippen molar-refractivity contribution in [3.05, 3.63) is 36.5 Å². The summed E-state index contributed by atoms with van der Waals surface area (Å²) in [6.07, 6.45) is 6.02. The maximum atomic E-state index is 14.8. The van der Waals surface area contributed by atoms with Gasteiger partial charge in [0.1, 0.15) is 5.52 Å². The average molecular weight is 409 g/mol. The summed E-state index contributed by atoms with van der Waals surface area (Å²) in [6, 6.07) is 3.52. The van der Waals surface area contributed by atoms with Gasteiger partial charge in [-0.1, -0.05) is 0 Å². The molecule has 4 aromatic rings. The van der Waals surface area contributed by atoms with Crippen LogP contribution in [-0.4, -0.2) is 46.7 Å². The number of nitrogens with one attached hydrogen (secondary N) is 2. The second kappa shape index (κ2) is 6.37. The Morgan fingerprint density at radius 2 is 2.10 bits per heavy atom. The number of imidazole rings is 1. The lowest BCUT2D eigenvalue weighted by molar-refractivity contribution is -0.121. The van der Waals surface area contributed by atoms with E-state index in [4.69, 9.17) is 5.73 Å². The summed E-state index contributed by atoms with van der Waals surface area (Å²) >= 11 is 0. The number of fused-ring (bicyclic) bond motifs is 2. The van der Waals surface area contributed by atoms with Crippen molar-refractivity contribution >= 4 is 28.8 Å². The molecule has 0 unspecified atom stereocenters. The summed E-state index contributed by atoms with van der Waals surface area (Å²) in [5.41, 5.74) is 7.57. The second-order valence-corrected chi connectivity index (χ2v) is 7.91. The lowest BCUT2D eigenvalue weighted by atomic mass is 9.74. The van der Waals surface area contributed by atoms with Crippen LogP contribution in [0.5, 0.6) is 0 Å². The number of halogens is 1. The predicted octanol–water partition coefficient (Wildman–Crippen LogP) is 1.63. The molecule has 30 heavy (non-hydrogen) atoms. The zero-order valence-corrected chi connectivity index (χ0v) is 16.4. The van der Waals surface area contributed by atoms with Crippen LogP contribution in [0.15, 0.2) is 30.7 Å². The lowest BCUT2D eigenvalue weighted by Crippen LogP contribution is -2.59. The topological polar surface area (TPSA) is 128 Å². The zero-order chi connectivity index (χ0) is 21.0. The van der Waals surface area contributed by atoms with Gasteiger partial charge in [-0.2, -0.15) is 10.1 Å². The van der Waals surface area contributed by atoms with E-state index >= 15 is 0 Å². The summed E-state index contributed by atoms with van der Waals surface area (Å²) in [5.74, 6) is -0.116. The number of hydrogen-bond acceptors (Lipinski definition) is 7. The van der Waals surface area contributed by atoms with E-state index in [-0.39, 0.29) is 28.9 Å². The number of amides is 1. The Kier molecular flexibility index (Phi) is 3.88. The molecule has 0 spiro atoms. The van der Waals surface area contributed by atoms with Crippen LogP contribution in [0.4, 0.5) is 16.2 Å².